The van der Waals surface area contributed by atoms with E-state index in [2.05, 4.69) is 33.6 Å². The molecule has 0 spiro atoms. The first-order valence-electron chi connectivity index (χ1n) is 12.5. The molecule has 11 heteroatoms. The number of hydrogen-bond acceptors (Lipinski definition) is 6. The number of fused-ring (bicyclic) bond motifs is 1. The number of nitrogens with one attached hydrogen (secondary N) is 4. The molecular weight excluding hydrogens is 494 g/mol. The van der Waals surface area contributed by atoms with Crippen molar-refractivity contribution >= 4 is 47.2 Å². The molecule has 37 heavy (non-hydrogen) atoms. The number of aromatic amines is 1. The highest BCUT2D eigenvalue weighted by Gasteiger charge is 2.31. The van der Waals surface area contributed by atoms with E-state index in [4.69, 9.17) is 5.73 Å². The molecule has 1 heterocycles. The lowest BCUT2D eigenvalue weighted by Gasteiger charge is -2.26. The maximum atomic E-state index is 13.1. The van der Waals surface area contributed by atoms with Gasteiger partial charge in [0.05, 0.1) is 6.04 Å². The van der Waals surface area contributed by atoms with E-state index in [0.717, 1.165) is 16.5 Å². The van der Waals surface area contributed by atoms with Gasteiger partial charge in [-0.25, -0.2) is 4.79 Å². The number of carboxylic acid groups (broad SMARTS) is 1. The summed E-state index contributed by atoms with van der Waals surface area (Å²) in [5.41, 5.74) is 7.63. The number of aromatic nitrogens is 1. The Bertz CT molecular complexity index is 1090. The smallest absolute Gasteiger partial charge is 0.326 e. The number of hydrogen-bond donors (Lipinski definition) is 7. The Kier molecular flexibility index (Phi) is 11.4. The van der Waals surface area contributed by atoms with Crippen molar-refractivity contribution in [1.29, 1.82) is 0 Å². The van der Waals surface area contributed by atoms with Crippen molar-refractivity contribution in [1.82, 2.24) is 20.9 Å². The first kappa shape index (κ1) is 30.2. The van der Waals surface area contributed by atoms with Gasteiger partial charge in [-0.3, -0.25) is 14.4 Å². The third kappa shape index (κ3) is 8.50. The number of nitrogens with two attached hydrogens (primary N) is 1. The van der Waals surface area contributed by atoms with Crippen LogP contribution >= 0.6 is 12.6 Å². The molecule has 0 aliphatic carbocycles. The summed E-state index contributed by atoms with van der Waals surface area (Å²) >= 11 is 4.19. The number of aliphatic carboxylic acids is 1. The lowest BCUT2D eigenvalue weighted by molar-refractivity contribution is -0.142. The Morgan fingerprint density at radius 2 is 1.57 bits per heavy atom. The van der Waals surface area contributed by atoms with Gasteiger partial charge < -0.3 is 31.8 Å². The van der Waals surface area contributed by atoms with Crippen molar-refractivity contribution in [3.63, 3.8) is 0 Å². The summed E-state index contributed by atoms with van der Waals surface area (Å²) in [5, 5.41) is 18.4. The first-order valence-corrected chi connectivity index (χ1v) is 13.2. The molecule has 2 rings (SSSR count). The fraction of sp³-hybridized carbons (Fsp3) is 0.538. The molecule has 7 N–H and O–H groups in total. The normalized spacial score (nSPS) is 15.4. The minimum atomic E-state index is -1.22. The maximum Gasteiger partial charge on any atom is 0.326 e. The van der Waals surface area contributed by atoms with Gasteiger partial charge in [0.2, 0.25) is 17.7 Å². The van der Waals surface area contributed by atoms with E-state index >= 15 is 0 Å². The molecule has 0 saturated heterocycles. The molecule has 0 radical (unpaired) electrons. The van der Waals surface area contributed by atoms with Crippen molar-refractivity contribution in [3.05, 3.63) is 36.0 Å². The zero-order valence-electron chi connectivity index (χ0n) is 21.8. The summed E-state index contributed by atoms with van der Waals surface area (Å²) < 4.78 is 0. The average molecular weight is 534 g/mol. The molecule has 5 atom stereocenters. The Morgan fingerprint density at radius 1 is 0.973 bits per heavy atom. The van der Waals surface area contributed by atoms with Gasteiger partial charge in [-0.15, -0.1) is 0 Å². The molecular formula is C26H39N5O5S. The standard InChI is InChI=1S/C26H39N5O5S/c1-5-15(4)22(27)25(34)29-19(10-14(2)3)23(32)31-21(13-37)24(33)30-20(26(35)36)11-16-12-28-18-9-7-6-8-17(16)18/h6-9,12,14-15,19-22,28,37H,5,10-11,13,27H2,1-4H3,(H,29,34)(H,30,33)(H,31,32)(H,35,36). The van der Waals surface area contributed by atoms with Crippen LogP contribution in [0, 0.1) is 11.8 Å². The van der Waals surface area contributed by atoms with Gasteiger partial charge in [0, 0.05) is 29.3 Å². The second-order valence-electron chi connectivity index (χ2n) is 9.81. The average Bonchev–Trinajstić information content (AvgIpc) is 3.27. The maximum absolute atomic E-state index is 13.1. The molecule has 0 aliphatic rings. The third-order valence-corrected chi connectivity index (χ3v) is 6.79. The highest BCUT2D eigenvalue weighted by atomic mass is 32.1. The highest BCUT2D eigenvalue weighted by Crippen LogP contribution is 2.19. The lowest BCUT2D eigenvalue weighted by Crippen LogP contribution is -2.58. The van der Waals surface area contributed by atoms with Gasteiger partial charge >= 0.3 is 5.97 Å². The highest BCUT2D eigenvalue weighted by molar-refractivity contribution is 7.80. The molecule has 1 aromatic heterocycles. The van der Waals surface area contributed by atoms with E-state index in [0.29, 0.717) is 12.8 Å². The van der Waals surface area contributed by atoms with Crippen LogP contribution in [0.25, 0.3) is 10.9 Å². The van der Waals surface area contributed by atoms with Crippen molar-refractivity contribution in [2.24, 2.45) is 17.6 Å². The molecule has 0 saturated carbocycles. The van der Waals surface area contributed by atoms with Crippen LogP contribution in [0.2, 0.25) is 0 Å². The molecule has 1 aromatic carbocycles. The fourth-order valence-electron chi connectivity index (χ4n) is 3.94. The second-order valence-corrected chi connectivity index (χ2v) is 10.2. The van der Waals surface area contributed by atoms with Crippen LogP contribution in [0.15, 0.2) is 30.5 Å². The van der Waals surface area contributed by atoms with Crippen LogP contribution in [0.4, 0.5) is 0 Å². The number of carbonyl (C=O) groups is 4. The predicted octanol–water partition coefficient (Wildman–Crippen LogP) is 1.60. The molecule has 5 unspecified atom stereocenters. The van der Waals surface area contributed by atoms with Crippen LogP contribution < -0.4 is 21.7 Å². The zero-order valence-corrected chi connectivity index (χ0v) is 22.7. The van der Waals surface area contributed by atoms with Gasteiger partial charge in [0.15, 0.2) is 0 Å². The third-order valence-electron chi connectivity index (χ3n) is 6.43. The number of amides is 3. The van der Waals surface area contributed by atoms with E-state index in [1.54, 1.807) is 6.20 Å². The molecule has 2 aromatic rings. The predicted molar refractivity (Wildman–Crippen MR) is 146 cm³/mol. The Labute approximate surface area is 222 Å². The van der Waals surface area contributed by atoms with Crippen molar-refractivity contribution in [3.8, 4) is 0 Å². The number of carboxylic acids is 1. The first-order chi connectivity index (χ1) is 17.5. The van der Waals surface area contributed by atoms with Crippen LogP contribution in [-0.4, -0.2) is 63.7 Å². The second kappa shape index (κ2) is 14.0. The minimum absolute atomic E-state index is 0.0534. The largest absolute Gasteiger partial charge is 0.480 e. The quantitative estimate of drug-likeness (QED) is 0.182. The summed E-state index contributed by atoms with van der Waals surface area (Å²) in [6.45, 7) is 7.60. The van der Waals surface area contributed by atoms with Gasteiger partial charge in [0.1, 0.15) is 18.1 Å². The van der Waals surface area contributed by atoms with Crippen molar-refractivity contribution in [2.45, 2.75) is 71.1 Å². The summed E-state index contributed by atoms with van der Waals surface area (Å²) in [4.78, 5) is 53.7. The van der Waals surface area contributed by atoms with Crippen LogP contribution in [0.1, 0.15) is 46.1 Å². The van der Waals surface area contributed by atoms with Crippen LogP contribution in [0.3, 0.4) is 0 Å². The summed E-state index contributed by atoms with van der Waals surface area (Å²) in [6, 6.07) is 3.48. The van der Waals surface area contributed by atoms with Gasteiger partial charge in [-0.05, 0) is 29.9 Å². The van der Waals surface area contributed by atoms with Gasteiger partial charge in [-0.2, -0.15) is 12.6 Å². The van der Waals surface area contributed by atoms with E-state index in [1.807, 2.05) is 52.0 Å². The number of benzene rings is 1. The molecule has 0 bridgehead atoms. The number of para-hydroxylation sites is 1. The molecule has 3 amide bonds. The number of thiol groups is 1. The summed E-state index contributed by atoms with van der Waals surface area (Å²) in [6.07, 6.45) is 2.82. The van der Waals surface area contributed by atoms with E-state index in [-0.39, 0.29) is 24.0 Å². The Hall–Kier alpha value is -3.05. The molecule has 204 valence electrons. The summed E-state index contributed by atoms with van der Waals surface area (Å²) in [7, 11) is 0. The monoisotopic (exact) mass is 533 g/mol. The minimum Gasteiger partial charge on any atom is -0.480 e. The number of carbonyl (C=O) groups excluding carboxylic acids is 3. The Balaban J connectivity index is 2.10. The Morgan fingerprint density at radius 3 is 2.16 bits per heavy atom. The van der Waals surface area contributed by atoms with Gasteiger partial charge in [0.25, 0.3) is 0 Å². The SMILES string of the molecule is CCC(C)C(N)C(=O)NC(CC(C)C)C(=O)NC(CS)C(=O)NC(Cc1c[nH]c2ccccc12)C(=O)O. The van der Waals surface area contributed by atoms with E-state index in [1.165, 1.54) is 0 Å². The fourth-order valence-corrected chi connectivity index (χ4v) is 4.20. The van der Waals surface area contributed by atoms with Crippen LogP contribution in [-0.2, 0) is 25.6 Å². The van der Waals surface area contributed by atoms with Crippen molar-refractivity contribution in [2.75, 3.05) is 5.75 Å². The zero-order chi connectivity index (χ0) is 27.7. The topological polar surface area (TPSA) is 166 Å². The van der Waals surface area contributed by atoms with Crippen LogP contribution in [0.5, 0.6) is 0 Å². The number of H-pyrrole nitrogens is 1. The lowest BCUT2D eigenvalue weighted by atomic mass is 9.97. The van der Waals surface area contributed by atoms with E-state index < -0.39 is 47.9 Å². The van der Waals surface area contributed by atoms with Gasteiger partial charge in [-0.1, -0.05) is 52.3 Å². The van der Waals surface area contributed by atoms with Crippen molar-refractivity contribution < 1.29 is 24.3 Å². The number of rotatable bonds is 14. The molecule has 0 aliphatic heterocycles. The summed E-state index contributed by atoms with van der Waals surface area (Å²) in [5.74, 6) is -2.93. The van der Waals surface area contributed by atoms with E-state index in [9.17, 15) is 24.3 Å². The molecule has 0 fully saturated rings. The molecule has 10 nitrogen and oxygen atoms in total.